The molecule has 0 aliphatic rings. The van der Waals surface area contributed by atoms with Gasteiger partial charge in [0.2, 0.25) is 0 Å². The first kappa shape index (κ1) is 19.5. The van der Waals surface area contributed by atoms with E-state index in [-0.39, 0.29) is 12.2 Å². The Balaban J connectivity index is 2.21. The number of para-hydroxylation sites is 1. The van der Waals surface area contributed by atoms with Crippen LogP contribution in [0.4, 0.5) is 0 Å². The van der Waals surface area contributed by atoms with Crippen LogP contribution in [-0.4, -0.2) is 24.1 Å². The van der Waals surface area contributed by atoms with Gasteiger partial charge in [0.05, 0.1) is 12.2 Å². The predicted molar refractivity (Wildman–Crippen MR) is 98.2 cm³/mol. The summed E-state index contributed by atoms with van der Waals surface area (Å²) in [7, 11) is 0. The van der Waals surface area contributed by atoms with E-state index in [0.29, 0.717) is 17.1 Å². The molecule has 0 saturated heterocycles. The summed E-state index contributed by atoms with van der Waals surface area (Å²) in [5, 5.41) is 0. The normalized spacial score (nSPS) is 10.9. The van der Waals surface area contributed by atoms with E-state index in [4.69, 9.17) is 14.2 Å². The van der Waals surface area contributed by atoms with E-state index in [0.717, 1.165) is 0 Å². The summed E-state index contributed by atoms with van der Waals surface area (Å²) in [4.78, 5) is 24.8. The molecule has 138 valence electrons. The Bertz CT molecular complexity index is 698. The minimum Gasteiger partial charge on any atom is -0.462 e. The molecule has 0 fully saturated rings. The molecule has 5 heteroatoms. The Kier molecular flexibility index (Phi) is 6.78. The smallest absolute Gasteiger partial charge is 0.325 e. The monoisotopic (exact) mass is 356 g/mol. The fourth-order valence-electron chi connectivity index (χ4n) is 2.32. The van der Waals surface area contributed by atoms with Crippen molar-refractivity contribution in [3.8, 4) is 11.5 Å². The van der Waals surface area contributed by atoms with Gasteiger partial charge in [-0.05, 0) is 57.5 Å². The molecular weight excluding hydrogens is 332 g/mol. The van der Waals surface area contributed by atoms with Crippen LogP contribution in [0.25, 0.3) is 0 Å². The van der Waals surface area contributed by atoms with Gasteiger partial charge in [0, 0.05) is 0 Å². The first-order chi connectivity index (χ1) is 12.4. The van der Waals surface area contributed by atoms with Gasteiger partial charge in [-0.2, -0.15) is 0 Å². The van der Waals surface area contributed by atoms with E-state index in [1.54, 1.807) is 52.0 Å². The van der Waals surface area contributed by atoms with E-state index in [2.05, 4.69) is 0 Å². The van der Waals surface area contributed by atoms with E-state index < -0.39 is 17.9 Å². The summed E-state index contributed by atoms with van der Waals surface area (Å²) in [6, 6.07) is 16.1. The molecule has 0 atom stereocenters. The lowest BCUT2D eigenvalue weighted by Crippen LogP contribution is -2.29. The van der Waals surface area contributed by atoms with Crippen LogP contribution in [-0.2, 0) is 19.1 Å². The Labute approximate surface area is 153 Å². The SMILES string of the molecule is CC(C)OC(=O)C(C(=O)OC(C)C)c1ccc(Oc2ccccc2)cc1. The van der Waals surface area contributed by atoms with Gasteiger partial charge in [-0.15, -0.1) is 0 Å². The van der Waals surface area contributed by atoms with Crippen LogP contribution in [0.15, 0.2) is 54.6 Å². The number of ether oxygens (including phenoxy) is 3. The van der Waals surface area contributed by atoms with Gasteiger partial charge in [-0.1, -0.05) is 30.3 Å². The minimum absolute atomic E-state index is 0.322. The molecule has 0 bridgehead atoms. The Morgan fingerprint density at radius 3 is 1.62 bits per heavy atom. The molecule has 0 aromatic heterocycles. The zero-order chi connectivity index (χ0) is 19.1. The van der Waals surface area contributed by atoms with Gasteiger partial charge in [0.25, 0.3) is 0 Å². The van der Waals surface area contributed by atoms with Crippen LogP contribution in [0.5, 0.6) is 11.5 Å². The average molecular weight is 356 g/mol. The van der Waals surface area contributed by atoms with Crippen LogP contribution >= 0.6 is 0 Å². The van der Waals surface area contributed by atoms with Crippen LogP contribution in [0.3, 0.4) is 0 Å². The van der Waals surface area contributed by atoms with Crippen LogP contribution in [0.2, 0.25) is 0 Å². The number of carbonyl (C=O) groups is 2. The molecule has 0 amide bonds. The van der Waals surface area contributed by atoms with E-state index in [1.807, 2.05) is 30.3 Å². The van der Waals surface area contributed by atoms with Gasteiger partial charge >= 0.3 is 11.9 Å². The zero-order valence-electron chi connectivity index (χ0n) is 15.5. The predicted octanol–water partition coefficient (Wildman–Crippen LogP) is 4.47. The molecule has 2 aromatic rings. The molecule has 0 aliphatic heterocycles. The summed E-state index contributed by atoms with van der Waals surface area (Å²) < 4.78 is 16.2. The maximum absolute atomic E-state index is 12.4. The molecule has 26 heavy (non-hydrogen) atoms. The first-order valence-corrected chi connectivity index (χ1v) is 8.60. The quantitative estimate of drug-likeness (QED) is 0.541. The Hall–Kier alpha value is -2.82. The standard InChI is InChI=1S/C21H24O5/c1-14(2)24-20(22)19(21(23)25-15(3)4)16-10-12-18(13-11-16)26-17-8-6-5-7-9-17/h5-15,19H,1-4H3. The summed E-state index contributed by atoms with van der Waals surface area (Å²) >= 11 is 0. The van der Waals surface area contributed by atoms with Gasteiger partial charge in [-0.25, -0.2) is 0 Å². The highest BCUT2D eigenvalue weighted by molar-refractivity contribution is 6.01. The minimum atomic E-state index is -1.12. The van der Waals surface area contributed by atoms with Crippen molar-refractivity contribution >= 4 is 11.9 Å². The zero-order valence-corrected chi connectivity index (χ0v) is 15.5. The van der Waals surface area contributed by atoms with Crippen molar-refractivity contribution in [2.24, 2.45) is 0 Å². The Morgan fingerprint density at radius 1 is 0.692 bits per heavy atom. The van der Waals surface area contributed by atoms with Crippen LogP contribution < -0.4 is 4.74 Å². The number of benzene rings is 2. The molecule has 2 rings (SSSR count). The molecule has 2 aromatic carbocycles. The van der Waals surface area contributed by atoms with Crippen molar-refractivity contribution in [1.82, 2.24) is 0 Å². The Morgan fingerprint density at radius 2 is 1.15 bits per heavy atom. The molecular formula is C21H24O5. The lowest BCUT2D eigenvalue weighted by atomic mass is 9.99. The maximum atomic E-state index is 12.4. The highest BCUT2D eigenvalue weighted by Crippen LogP contribution is 2.26. The molecule has 0 N–H and O–H groups in total. The highest BCUT2D eigenvalue weighted by Gasteiger charge is 2.32. The summed E-state index contributed by atoms with van der Waals surface area (Å²) in [6.45, 7) is 6.94. The summed E-state index contributed by atoms with van der Waals surface area (Å²) in [5.41, 5.74) is 0.502. The third-order valence-electron chi connectivity index (χ3n) is 3.37. The van der Waals surface area contributed by atoms with Crippen molar-refractivity contribution in [2.75, 3.05) is 0 Å². The summed E-state index contributed by atoms with van der Waals surface area (Å²) in [5.74, 6) is -1.06. The first-order valence-electron chi connectivity index (χ1n) is 8.60. The number of hydrogen-bond acceptors (Lipinski definition) is 5. The second kappa shape index (κ2) is 9.04. The average Bonchev–Trinajstić information content (AvgIpc) is 2.56. The largest absolute Gasteiger partial charge is 0.462 e. The maximum Gasteiger partial charge on any atom is 0.325 e. The second-order valence-electron chi connectivity index (χ2n) is 6.39. The van der Waals surface area contributed by atoms with Crippen molar-refractivity contribution in [3.05, 3.63) is 60.2 Å². The lowest BCUT2D eigenvalue weighted by Gasteiger charge is -2.19. The molecule has 0 spiro atoms. The molecule has 0 radical (unpaired) electrons. The third-order valence-corrected chi connectivity index (χ3v) is 3.37. The number of esters is 2. The number of rotatable bonds is 7. The van der Waals surface area contributed by atoms with Gasteiger partial charge < -0.3 is 14.2 Å². The van der Waals surface area contributed by atoms with Crippen molar-refractivity contribution < 1.29 is 23.8 Å². The van der Waals surface area contributed by atoms with Crippen molar-refractivity contribution in [3.63, 3.8) is 0 Å². The van der Waals surface area contributed by atoms with Crippen molar-refractivity contribution in [2.45, 2.75) is 45.8 Å². The molecule has 5 nitrogen and oxygen atoms in total. The van der Waals surface area contributed by atoms with E-state index >= 15 is 0 Å². The van der Waals surface area contributed by atoms with Crippen LogP contribution in [0, 0.1) is 0 Å². The van der Waals surface area contributed by atoms with Gasteiger partial charge in [0.15, 0.2) is 5.92 Å². The number of hydrogen-bond donors (Lipinski definition) is 0. The molecule has 0 heterocycles. The van der Waals surface area contributed by atoms with Gasteiger partial charge in [-0.3, -0.25) is 9.59 Å². The topological polar surface area (TPSA) is 61.8 Å². The highest BCUT2D eigenvalue weighted by atomic mass is 16.6. The lowest BCUT2D eigenvalue weighted by molar-refractivity contribution is -0.161. The fraction of sp³-hybridized carbons (Fsp3) is 0.333. The van der Waals surface area contributed by atoms with Crippen LogP contribution in [0.1, 0.15) is 39.2 Å². The van der Waals surface area contributed by atoms with Crippen molar-refractivity contribution in [1.29, 1.82) is 0 Å². The summed E-state index contributed by atoms with van der Waals surface area (Å²) in [6.07, 6.45) is -0.643. The fourth-order valence-corrected chi connectivity index (χ4v) is 2.32. The van der Waals surface area contributed by atoms with E-state index in [1.165, 1.54) is 0 Å². The number of carbonyl (C=O) groups excluding carboxylic acids is 2. The molecule has 0 unspecified atom stereocenters. The van der Waals surface area contributed by atoms with E-state index in [9.17, 15) is 9.59 Å². The second-order valence-corrected chi connectivity index (χ2v) is 6.39. The molecule has 0 aliphatic carbocycles. The van der Waals surface area contributed by atoms with Gasteiger partial charge in [0.1, 0.15) is 11.5 Å². The molecule has 0 saturated carbocycles. The third kappa shape index (κ3) is 5.62.